The normalized spacial score (nSPS) is 25.4. The van der Waals surface area contributed by atoms with Crippen LogP contribution in [0.4, 0.5) is 5.82 Å². The van der Waals surface area contributed by atoms with Crippen LogP contribution in [-0.4, -0.2) is 29.8 Å². The highest BCUT2D eigenvalue weighted by Crippen LogP contribution is 2.25. The Kier molecular flexibility index (Phi) is 3.61. The van der Waals surface area contributed by atoms with E-state index >= 15 is 0 Å². The Bertz CT molecular complexity index is 332. The number of piperidine rings is 1. The van der Waals surface area contributed by atoms with Gasteiger partial charge in [-0.3, -0.25) is 0 Å². The summed E-state index contributed by atoms with van der Waals surface area (Å²) in [6.45, 7) is 5.39. The van der Waals surface area contributed by atoms with E-state index in [4.69, 9.17) is 11.6 Å². The van der Waals surface area contributed by atoms with Crippen molar-refractivity contribution in [3.05, 3.63) is 17.3 Å². The van der Waals surface area contributed by atoms with Gasteiger partial charge in [0, 0.05) is 13.1 Å². The van der Waals surface area contributed by atoms with E-state index in [2.05, 4.69) is 27.8 Å². The van der Waals surface area contributed by atoms with Gasteiger partial charge >= 0.3 is 0 Å². The largest absolute Gasteiger partial charge is 0.368 e. The molecule has 0 amide bonds. The van der Waals surface area contributed by atoms with Crippen LogP contribution in [0.15, 0.2) is 12.1 Å². The second kappa shape index (κ2) is 4.97. The van der Waals surface area contributed by atoms with Gasteiger partial charge in [-0.05, 0) is 36.9 Å². The van der Waals surface area contributed by atoms with Gasteiger partial charge in [-0.25, -0.2) is 0 Å². The maximum absolute atomic E-state index is 5.68. The maximum atomic E-state index is 5.68. The van der Waals surface area contributed by atoms with Crippen LogP contribution in [0.25, 0.3) is 0 Å². The summed E-state index contributed by atoms with van der Waals surface area (Å²) in [5.41, 5.74) is 0.305. The summed E-state index contributed by atoms with van der Waals surface area (Å²) in [5, 5.41) is 14.9. The molecule has 0 radical (unpaired) electrons. The molecule has 0 bridgehead atoms. The van der Waals surface area contributed by atoms with Gasteiger partial charge in [0.1, 0.15) is 5.82 Å². The number of aromatic nitrogens is 2. The van der Waals surface area contributed by atoms with E-state index in [1.54, 1.807) is 6.07 Å². The minimum atomic E-state index is 0.305. The molecule has 2 N–H and O–H groups in total. The number of hydrogen-bond donors (Lipinski definition) is 2. The van der Waals surface area contributed by atoms with E-state index in [9.17, 15) is 0 Å². The summed E-state index contributed by atoms with van der Waals surface area (Å²) < 4.78 is 0. The van der Waals surface area contributed by atoms with Gasteiger partial charge in [-0.15, -0.1) is 10.2 Å². The van der Waals surface area contributed by atoms with Crippen LogP contribution >= 0.6 is 11.6 Å². The average molecular weight is 241 g/mol. The zero-order chi connectivity index (χ0) is 11.4. The molecule has 1 aliphatic heterocycles. The fraction of sp³-hybridized carbons (Fsp3) is 0.636. The van der Waals surface area contributed by atoms with Gasteiger partial charge in [0.2, 0.25) is 0 Å². The molecular formula is C11H17ClN4. The first-order valence-electron chi connectivity index (χ1n) is 5.62. The van der Waals surface area contributed by atoms with Crippen molar-refractivity contribution in [1.82, 2.24) is 15.5 Å². The Morgan fingerprint density at radius 3 is 3.00 bits per heavy atom. The van der Waals surface area contributed by atoms with Crippen molar-refractivity contribution < 1.29 is 0 Å². The first-order chi connectivity index (χ1) is 7.68. The molecule has 2 rings (SSSR count). The summed E-state index contributed by atoms with van der Waals surface area (Å²) in [4.78, 5) is 0. The molecule has 0 aliphatic carbocycles. The molecule has 1 unspecified atom stereocenters. The molecule has 1 atom stereocenters. The van der Waals surface area contributed by atoms with E-state index < -0.39 is 0 Å². The Balaban J connectivity index is 1.88. The number of anilines is 1. The van der Waals surface area contributed by atoms with Crippen molar-refractivity contribution >= 4 is 17.4 Å². The first-order valence-corrected chi connectivity index (χ1v) is 6.00. The highest BCUT2D eigenvalue weighted by atomic mass is 35.5. The van der Waals surface area contributed by atoms with E-state index in [0.29, 0.717) is 10.6 Å². The zero-order valence-corrected chi connectivity index (χ0v) is 10.2. The van der Waals surface area contributed by atoms with Gasteiger partial charge in [0.15, 0.2) is 5.15 Å². The molecule has 1 fully saturated rings. The highest BCUT2D eigenvalue weighted by molar-refractivity contribution is 6.29. The number of nitrogens with zero attached hydrogens (tertiary/aromatic N) is 2. The van der Waals surface area contributed by atoms with E-state index in [-0.39, 0.29) is 0 Å². The first kappa shape index (κ1) is 11.6. The van der Waals surface area contributed by atoms with Gasteiger partial charge in [0.25, 0.3) is 0 Å². The molecule has 1 aromatic heterocycles. The predicted octanol–water partition coefficient (Wildman–Crippen LogP) is 1.93. The lowest BCUT2D eigenvalue weighted by Crippen LogP contribution is -2.42. The van der Waals surface area contributed by atoms with Crippen molar-refractivity contribution in [2.24, 2.45) is 5.41 Å². The number of hydrogen-bond acceptors (Lipinski definition) is 4. The topological polar surface area (TPSA) is 49.8 Å². The molecule has 1 aromatic rings. The standard InChI is InChI=1S/C11H17ClN4/c1-11(5-2-6-13-7-11)8-14-10-4-3-9(12)15-16-10/h3-4,13H,2,5-8H2,1H3,(H,14,16). The Hall–Kier alpha value is -0.870. The number of halogens is 1. The van der Waals surface area contributed by atoms with E-state index in [1.165, 1.54) is 12.8 Å². The van der Waals surface area contributed by atoms with Crippen LogP contribution in [0, 0.1) is 5.41 Å². The van der Waals surface area contributed by atoms with Crippen LogP contribution in [0.5, 0.6) is 0 Å². The molecule has 16 heavy (non-hydrogen) atoms. The summed E-state index contributed by atoms with van der Waals surface area (Å²) in [6.07, 6.45) is 2.48. The fourth-order valence-electron chi connectivity index (χ4n) is 1.98. The quantitative estimate of drug-likeness (QED) is 0.848. The van der Waals surface area contributed by atoms with Gasteiger partial charge < -0.3 is 10.6 Å². The SMILES string of the molecule is CC1(CNc2ccc(Cl)nn2)CCCNC1. The average Bonchev–Trinajstić information content (AvgIpc) is 2.29. The van der Waals surface area contributed by atoms with Gasteiger partial charge in [-0.1, -0.05) is 18.5 Å². The zero-order valence-electron chi connectivity index (χ0n) is 9.46. The molecule has 5 heteroatoms. The summed E-state index contributed by atoms with van der Waals surface area (Å²) in [6, 6.07) is 3.60. The maximum Gasteiger partial charge on any atom is 0.151 e. The molecule has 0 aromatic carbocycles. The Morgan fingerprint density at radius 1 is 1.50 bits per heavy atom. The molecule has 88 valence electrons. The summed E-state index contributed by atoms with van der Waals surface area (Å²) in [7, 11) is 0. The minimum absolute atomic E-state index is 0.305. The van der Waals surface area contributed by atoms with Crippen molar-refractivity contribution in [1.29, 1.82) is 0 Å². The molecule has 1 aliphatic rings. The lowest BCUT2D eigenvalue weighted by molar-refractivity contribution is 0.253. The van der Waals surface area contributed by atoms with Crippen molar-refractivity contribution in [2.45, 2.75) is 19.8 Å². The van der Waals surface area contributed by atoms with E-state index in [1.807, 2.05) is 6.07 Å². The summed E-state index contributed by atoms with van der Waals surface area (Å²) in [5.74, 6) is 0.788. The second-order valence-electron chi connectivity index (χ2n) is 4.69. The smallest absolute Gasteiger partial charge is 0.151 e. The van der Waals surface area contributed by atoms with E-state index in [0.717, 1.165) is 25.5 Å². The number of nitrogens with one attached hydrogen (secondary N) is 2. The molecule has 0 saturated carbocycles. The third-order valence-electron chi connectivity index (χ3n) is 3.01. The van der Waals surface area contributed by atoms with Crippen molar-refractivity contribution in [2.75, 3.05) is 25.0 Å². The third-order valence-corrected chi connectivity index (χ3v) is 3.22. The Labute approximate surface area is 101 Å². The minimum Gasteiger partial charge on any atom is -0.368 e. The lowest BCUT2D eigenvalue weighted by atomic mass is 9.83. The van der Waals surface area contributed by atoms with Crippen LogP contribution in [0.1, 0.15) is 19.8 Å². The Morgan fingerprint density at radius 2 is 2.38 bits per heavy atom. The van der Waals surface area contributed by atoms with Crippen LogP contribution < -0.4 is 10.6 Å². The molecular weight excluding hydrogens is 224 g/mol. The van der Waals surface area contributed by atoms with Gasteiger partial charge in [-0.2, -0.15) is 0 Å². The predicted molar refractivity (Wildman–Crippen MR) is 65.7 cm³/mol. The third kappa shape index (κ3) is 3.06. The van der Waals surface area contributed by atoms with Crippen molar-refractivity contribution in [3.63, 3.8) is 0 Å². The summed E-state index contributed by atoms with van der Waals surface area (Å²) >= 11 is 5.68. The van der Waals surface area contributed by atoms with Crippen LogP contribution in [-0.2, 0) is 0 Å². The lowest BCUT2D eigenvalue weighted by Gasteiger charge is -2.34. The fourth-order valence-corrected chi connectivity index (χ4v) is 2.08. The monoisotopic (exact) mass is 240 g/mol. The second-order valence-corrected chi connectivity index (χ2v) is 5.07. The molecule has 1 saturated heterocycles. The van der Waals surface area contributed by atoms with Crippen molar-refractivity contribution in [3.8, 4) is 0 Å². The molecule has 4 nitrogen and oxygen atoms in total. The highest BCUT2D eigenvalue weighted by Gasteiger charge is 2.26. The number of rotatable bonds is 3. The molecule has 2 heterocycles. The van der Waals surface area contributed by atoms with Gasteiger partial charge in [0.05, 0.1) is 0 Å². The van der Waals surface area contributed by atoms with Crippen LogP contribution in [0.2, 0.25) is 5.15 Å². The van der Waals surface area contributed by atoms with Crippen LogP contribution in [0.3, 0.4) is 0 Å². The molecule has 0 spiro atoms.